The van der Waals surface area contributed by atoms with Gasteiger partial charge in [-0.15, -0.1) is 11.8 Å². The zero-order chi connectivity index (χ0) is 14.8. The number of hydrogen-bond donors (Lipinski definition) is 1. The molecule has 0 aromatic heterocycles. The van der Waals surface area contributed by atoms with Gasteiger partial charge >= 0.3 is 0 Å². The van der Waals surface area contributed by atoms with Gasteiger partial charge in [-0.05, 0) is 31.5 Å². The number of aliphatic hydroxyl groups excluding tert-OH is 1. The zero-order valence-electron chi connectivity index (χ0n) is 12.4. The van der Waals surface area contributed by atoms with Crippen molar-refractivity contribution in [1.29, 1.82) is 0 Å². The Kier molecular flexibility index (Phi) is 4.22. The SMILES string of the molecule is Cc1cc(C)cc(CC(O)C2CSc3ccccc3O2)c1. The molecule has 0 amide bonds. The second-order valence-electron chi connectivity index (χ2n) is 5.68. The molecule has 1 heterocycles. The first-order valence-electron chi connectivity index (χ1n) is 7.25. The molecule has 2 atom stereocenters. The van der Waals surface area contributed by atoms with Crippen LogP contribution >= 0.6 is 11.8 Å². The molecular formula is C18H20O2S. The minimum Gasteiger partial charge on any atom is -0.486 e. The number of aryl methyl sites for hydroxylation is 2. The van der Waals surface area contributed by atoms with E-state index in [9.17, 15) is 5.11 Å². The number of rotatable bonds is 3. The van der Waals surface area contributed by atoms with E-state index in [1.54, 1.807) is 11.8 Å². The quantitative estimate of drug-likeness (QED) is 0.936. The lowest BCUT2D eigenvalue weighted by Crippen LogP contribution is -2.37. The third kappa shape index (κ3) is 3.42. The van der Waals surface area contributed by atoms with Crippen LogP contribution in [0.15, 0.2) is 47.4 Å². The Balaban J connectivity index is 1.70. The minimum atomic E-state index is -0.480. The van der Waals surface area contributed by atoms with Gasteiger partial charge in [-0.1, -0.05) is 41.5 Å². The summed E-state index contributed by atoms with van der Waals surface area (Å²) in [6, 6.07) is 14.4. The lowest BCUT2D eigenvalue weighted by atomic mass is 10.0. The van der Waals surface area contributed by atoms with Crippen molar-refractivity contribution in [3.63, 3.8) is 0 Å². The first-order valence-corrected chi connectivity index (χ1v) is 8.24. The number of para-hydroxylation sites is 1. The Morgan fingerprint density at radius 1 is 1.19 bits per heavy atom. The second-order valence-corrected chi connectivity index (χ2v) is 6.74. The zero-order valence-corrected chi connectivity index (χ0v) is 13.2. The predicted octanol–water partition coefficient (Wildman–Crippen LogP) is 3.76. The standard InChI is InChI=1S/C18H20O2S/c1-12-7-13(2)9-14(8-12)10-15(19)17-11-21-18-6-4-3-5-16(18)20-17/h3-9,15,17,19H,10-11H2,1-2H3. The summed E-state index contributed by atoms with van der Waals surface area (Å²) in [7, 11) is 0. The maximum absolute atomic E-state index is 10.5. The fraction of sp³-hybridized carbons (Fsp3) is 0.333. The highest BCUT2D eigenvalue weighted by Crippen LogP contribution is 2.36. The van der Waals surface area contributed by atoms with Crippen molar-refractivity contribution in [3.8, 4) is 5.75 Å². The number of benzene rings is 2. The van der Waals surface area contributed by atoms with Crippen molar-refractivity contribution in [2.24, 2.45) is 0 Å². The molecule has 0 fully saturated rings. The van der Waals surface area contributed by atoms with Crippen molar-refractivity contribution >= 4 is 11.8 Å². The first-order chi connectivity index (χ1) is 10.1. The third-order valence-corrected chi connectivity index (χ3v) is 4.83. The summed E-state index contributed by atoms with van der Waals surface area (Å²) in [6.45, 7) is 4.18. The summed E-state index contributed by atoms with van der Waals surface area (Å²) in [6.07, 6.45) is 0.00777. The van der Waals surface area contributed by atoms with Gasteiger partial charge in [-0.2, -0.15) is 0 Å². The monoisotopic (exact) mass is 300 g/mol. The fourth-order valence-electron chi connectivity index (χ4n) is 2.79. The molecule has 0 aliphatic carbocycles. The van der Waals surface area contributed by atoms with Crippen LogP contribution in [-0.4, -0.2) is 23.1 Å². The van der Waals surface area contributed by atoms with E-state index < -0.39 is 6.10 Å². The van der Waals surface area contributed by atoms with E-state index >= 15 is 0 Å². The van der Waals surface area contributed by atoms with Crippen molar-refractivity contribution in [2.75, 3.05) is 5.75 Å². The van der Waals surface area contributed by atoms with Crippen LogP contribution in [-0.2, 0) is 6.42 Å². The average molecular weight is 300 g/mol. The number of thioether (sulfide) groups is 1. The number of ether oxygens (including phenoxy) is 1. The molecular weight excluding hydrogens is 280 g/mol. The number of aliphatic hydroxyl groups is 1. The Hall–Kier alpha value is -1.45. The van der Waals surface area contributed by atoms with Crippen LogP contribution in [0, 0.1) is 13.8 Å². The van der Waals surface area contributed by atoms with Crippen molar-refractivity contribution in [1.82, 2.24) is 0 Å². The van der Waals surface area contributed by atoms with E-state index in [4.69, 9.17) is 4.74 Å². The highest BCUT2D eigenvalue weighted by Gasteiger charge is 2.26. The van der Waals surface area contributed by atoms with Gasteiger partial charge in [0.2, 0.25) is 0 Å². The summed E-state index contributed by atoms with van der Waals surface area (Å²) < 4.78 is 5.96. The van der Waals surface area contributed by atoms with Gasteiger partial charge in [0.05, 0.1) is 6.10 Å². The van der Waals surface area contributed by atoms with Gasteiger partial charge in [0.25, 0.3) is 0 Å². The van der Waals surface area contributed by atoms with Crippen LogP contribution in [0.25, 0.3) is 0 Å². The van der Waals surface area contributed by atoms with Crippen LogP contribution in [0.1, 0.15) is 16.7 Å². The van der Waals surface area contributed by atoms with Crippen LogP contribution in [0.5, 0.6) is 5.75 Å². The molecule has 0 radical (unpaired) electrons. The average Bonchev–Trinajstić information content (AvgIpc) is 2.45. The third-order valence-electron chi connectivity index (χ3n) is 3.69. The van der Waals surface area contributed by atoms with Crippen molar-refractivity contribution < 1.29 is 9.84 Å². The lowest BCUT2D eigenvalue weighted by molar-refractivity contribution is 0.0468. The maximum atomic E-state index is 10.5. The van der Waals surface area contributed by atoms with Crippen LogP contribution in [0.3, 0.4) is 0 Å². The van der Waals surface area contributed by atoms with E-state index in [-0.39, 0.29) is 6.10 Å². The summed E-state index contributed by atoms with van der Waals surface area (Å²) in [5.41, 5.74) is 3.65. The number of hydrogen-bond acceptors (Lipinski definition) is 3. The minimum absolute atomic E-state index is 0.147. The molecule has 0 bridgehead atoms. The van der Waals surface area contributed by atoms with Crippen molar-refractivity contribution in [3.05, 3.63) is 59.2 Å². The molecule has 2 unspecified atom stereocenters. The first kappa shape index (κ1) is 14.5. The molecule has 2 aromatic rings. The maximum Gasteiger partial charge on any atom is 0.134 e. The molecule has 0 saturated heterocycles. The summed E-state index contributed by atoms with van der Waals surface area (Å²) >= 11 is 1.76. The van der Waals surface area contributed by atoms with Crippen molar-refractivity contribution in [2.45, 2.75) is 37.4 Å². The van der Waals surface area contributed by atoms with Gasteiger partial charge in [-0.3, -0.25) is 0 Å². The topological polar surface area (TPSA) is 29.5 Å². The van der Waals surface area contributed by atoms with Gasteiger partial charge in [0, 0.05) is 17.1 Å². The van der Waals surface area contributed by atoms with E-state index in [2.05, 4.69) is 38.1 Å². The molecule has 1 aliphatic rings. The molecule has 1 N–H and O–H groups in total. The Morgan fingerprint density at radius 3 is 2.67 bits per heavy atom. The van der Waals surface area contributed by atoms with Gasteiger partial charge in [-0.25, -0.2) is 0 Å². The van der Waals surface area contributed by atoms with E-state index in [0.29, 0.717) is 6.42 Å². The Bertz CT molecular complexity index is 619. The molecule has 0 saturated carbocycles. The molecule has 0 spiro atoms. The Labute approximate surface area is 130 Å². The van der Waals surface area contributed by atoms with Crippen LogP contribution < -0.4 is 4.74 Å². The second kappa shape index (κ2) is 6.12. The van der Waals surface area contributed by atoms with Gasteiger partial charge < -0.3 is 9.84 Å². The summed E-state index contributed by atoms with van der Waals surface area (Å²) in [4.78, 5) is 1.16. The normalized spacial score (nSPS) is 18.7. The lowest BCUT2D eigenvalue weighted by Gasteiger charge is -2.29. The Morgan fingerprint density at radius 2 is 1.90 bits per heavy atom. The number of fused-ring (bicyclic) bond motifs is 1. The van der Waals surface area contributed by atoms with Crippen LogP contribution in [0.4, 0.5) is 0 Å². The molecule has 110 valence electrons. The highest BCUT2D eigenvalue weighted by molar-refractivity contribution is 7.99. The van der Waals surface area contributed by atoms with Gasteiger partial charge in [0.1, 0.15) is 11.9 Å². The van der Waals surface area contributed by atoms with E-state index in [1.165, 1.54) is 16.7 Å². The summed E-state index contributed by atoms with van der Waals surface area (Å²) in [5.74, 6) is 1.68. The molecule has 2 aromatic carbocycles. The molecule has 3 heteroatoms. The van der Waals surface area contributed by atoms with E-state index in [0.717, 1.165) is 16.4 Å². The smallest absolute Gasteiger partial charge is 0.134 e. The highest BCUT2D eigenvalue weighted by atomic mass is 32.2. The van der Waals surface area contributed by atoms with Crippen LogP contribution in [0.2, 0.25) is 0 Å². The fourth-order valence-corrected chi connectivity index (χ4v) is 3.85. The molecule has 1 aliphatic heterocycles. The summed E-state index contributed by atoms with van der Waals surface area (Å²) in [5, 5.41) is 10.5. The largest absolute Gasteiger partial charge is 0.486 e. The predicted molar refractivity (Wildman–Crippen MR) is 87.2 cm³/mol. The van der Waals surface area contributed by atoms with Gasteiger partial charge in [0.15, 0.2) is 0 Å². The molecule has 3 rings (SSSR count). The molecule has 2 nitrogen and oxygen atoms in total. The molecule has 21 heavy (non-hydrogen) atoms. The van der Waals surface area contributed by atoms with E-state index in [1.807, 2.05) is 18.2 Å².